The number of hydrogen-bond donors (Lipinski definition) is 10. The lowest BCUT2D eigenvalue weighted by atomic mass is 9.79. The Hall–Kier alpha value is -17.2. The number of fused-ring (bicyclic) bond motifs is 4. The summed E-state index contributed by atoms with van der Waals surface area (Å²) in [7, 11) is 0. The lowest BCUT2D eigenvalue weighted by molar-refractivity contribution is -0.385. The summed E-state index contributed by atoms with van der Waals surface area (Å²) in [4.78, 5) is 244. The topological polar surface area (TPSA) is 563 Å². The minimum Gasteiger partial charge on any atom is -0.478 e. The number of ketones is 2. The van der Waals surface area contributed by atoms with Crippen molar-refractivity contribution in [3.8, 4) is 0 Å². The van der Waals surface area contributed by atoms with Gasteiger partial charge in [0.05, 0.1) is 21.0 Å². The van der Waals surface area contributed by atoms with E-state index in [0.717, 1.165) is 28.8 Å². The molecule has 8 heterocycles. The van der Waals surface area contributed by atoms with Crippen molar-refractivity contribution in [2.45, 2.75) is 127 Å². The molecule has 9 aliphatic rings. The van der Waals surface area contributed by atoms with E-state index >= 15 is 0 Å². The van der Waals surface area contributed by atoms with Gasteiger partial charge in [0, 0.05) is 179 Å². The van der Waals surface area contributed by atoms with Crippen molar-refractivity contribution in [2.24, 2.45) is 0 Å². The predicted molar refractivity (Wildman–Crippen MR) is 469 cm³/mol. The molecule has 132 heavy (non-hydrogen) atoms. The van der Waals surface area contributed by atoms with Crippen LogP contribution in [-0.2, 0) is 80.5 Å². The summed E-state index contributed by atoms with van der Waals surface area (Å²) >= 11 is 0. The van der Waals surface area contributed by atoms with Gasteiger partial charge in [0.2, 0.25) is 47.3 Å². The Morgan fingerprint density at radius 2 is 0.697 bits per heavy atom. The van der Waals surface area contributed by atoms with E-state index in [-0.39, 0.29) is 169 Å². The second kappa shape index (κ2) is 39.3. The zero-order chi connectivity index (χ0) is 94.0. The van der Waals surface area contributed by atoms with E-state index in [1.807, 2.05) is 30.3 Å². The van der Waals surface area contributed by atoms with E-state index in [0.29, 0.717) is 111 Å². The Balaban J connectivity index is 0.000000140. The number of nitro benzene ring substituents is 2. The zero-order valence-electron chi connectivity index (χ0n) is 69.9. The number of rotatable bonds is 16. The molecule has 4 atom stereocenters. The van der Waals surface area contributed by atoms with E-state index in [1.54, 1.807) is 127 Å². The van der Waals surface area contributed by atoms with Crippen molar-refractivity contribution in [1.82, 2.24) is 40.9 Å². The fourth-order valence-electron chi connectivity index (χ4n) is 16.5. The number of non-ortho nitro benzene ring substituents is 2. The molecule has 18 rings (SSSR count). The monoisotopic (exact) mass is 1790 g/mol. The van der Waals surface area contributed by atoms with Crippen LogP contribution < -0.4 is 48.7 Å². The summed E-state index contributed by atoms with van der Waals surface area (Å²) in [5, 5.41) is 46.8. The molecule has 0 spiro atoms. The number of aromatic carboxylic acids is 1. The average molecular weight is 1790 g/mol. The van der Waals surface area contributed by atoms with Gasteiger partial charge >= 0.3 is 5.97 Å². The molecule has 38 nitrogen and oxygen atoms in total. The summed E-state index contributed by atoms with van der Waals surface area (Å²) in [5.41, 5.74) is 21.4. The highest BCUT2D eigenvalue weighted by Crippen LogP contribution is 2.39. The minimum absolute atomic E-state index is 0.0422. The number of imide groups is 4. The molecule has 670 valence electrons. The molecule has 1 saturated carbocycles. The number of carboxylic acids is 1. The van der Waals surface area contributed by atoms with Crippen LogP contribution in [0, 0.1) is 20.2 Å². The normalized spacial score (nSPS) is 18.7. The molecule has 4 saturated heterocycles. The minimum atomic E-state index is -1.09. The summed E-state index contributed by atoms with van der Waals surface area (Å²) in [6, 6.07) is 50.3. The highest BCUT2D eigenvalue weighted by molar-refractivity contribution is 6.22. The largest absolute Gasteiger partial charge is 0.478 e. The zero-order valence-corrected chi connectivity index (χ0v) is 69.9. The molecule has 0 radical (unpaired) electrons. The number of nitrogen functional groups attached to an aromatic ring is 2. The number of allylic oxidation sites excluding steroid dienone is 2. The van der Waals surface area contributed by atoms with Gasteiger partial charge in [-0.3, -0.25) is 123 Å². The number of amides is 15. The Morgan fingerprint density at radius 1 is 0.386 bits per heavy atom. The van der Waals surface area contributed by atoms with Crippen molar-refractivity contribution in [1.29, 1.82) is 0 Å². The number of nitrogens with two attached hydrogens (primary N) is 2. The van der Waals surface area contributed by atoms with Crippen molar-refractivity contribution in [3.05, 3.63) is 310 Å². The first-order valence-corrected chi connectivity index (χ1v) is 41.5. The maximum atomic E-state index is 13.1. The lowest BCUT2D eigenvalue weighted by Crippen LogP contribution is -2.52. The number of hydrogen-bond acceptors (Lipinski definition) is 24. The Bertz CT molecular complexity index is 6330. The van der Waals surface area contributed by atoms with Crippen LogP contribution in [0.3, 0.4) is 0 Å². The van der Waals surface area contributed by atoms with Gasteiger partial charge < -0.3 is 52.1 Å². The second-order valence-corrected chi connectivity index (χ2v) is 31.7. The van der Waals surface area contributed by atoms with Crippen LogP contribution in [0.5, 0.6) is 0 Å². The van der Waals surface area contributed by atoms with Gasteiger partial charge in [-0.05, 0) is 158 Å². The number of benzene rings is 9. The average Bonchev–Trinajstić information content (AvgIpc) is 1.63. The first-order chi connectivity index (χ1) is 63.2. The van der Waals surface area contributed by atoms with Crippen LogP contribution in [0.4, 0.5) is 39.8 Å². The molecular weight excluding hydrogens is 1710 g/mol. The summed E-state index contributed by atoms with van der Waals surface area (Å²) in [5.74, 6) is -7.00. The van der Waals surface area contributed by atoms with Crippen LogP contribution in [0.15, 0.2) is 212 Å². The molecule has 0 bridgehead atoms. The Morgan fingerprint density at radius 3 is 1.02 bits per heavy atom. The SMILES string of the molecule is Nc1ccc(C(=O)Nc2cccc3c2CN(C2CCC(=O)NC2=O)C3=O)cc1.Nc1cccc2c1CN(C1CCC(=O)NC1=O)C2=O.O=C(O)c1ccc([N+](=O)[O-])cc1.O=C1CCC(N2Cc3c(NC(=O)c4ccc(CC=C5C(=O)CC(c6ccccc6)CC5=O)cc4)cccc3C2=O)C(=O)N1.O=C1CCC(N2Cc3c(NC(=O)c4ccc([N+](=O)[O-])cc4)cccc3C2=O)C(=O)N1. The maximum absolute atomic E-state index is 13.1. The number of carbonyl (C=O) groups is 18. The number of anilines is 5. The smallest absolute Gasteiger partial charge is 0.335 e. The third-order valence-electron chi connectivity index (χ3n) is 23.4. The Labute approximate surface area is 748 Å². The molecular formula is C94H81N15O23. The first kappa shape index (κ1) is 91.0. The molecule has 5 fully saturated rings. The van der Waals surface area contributed by atoms with Gasteiger partial charge in [-0.1, -0.05) is 72.8 Å². The maximum Gasteiger partial charge on any atom is 0.335 e. The van der Waals surface area contributed by atoms with E-state index in [9.17, 15) is 107 Å². The fourth-order valence-corrected chi connectivity index (χ4v) is 16.5. The van der Waals surface area contributed by atoms with Gasteiger partial charge in [-0.2, -0.15) is 0 Å². The number of Topliss-reactive ketones (excluding diaryl/α,β-unsaturated/α-hetero) is 2. The quantitative estimate of drug-likeness (QED) is 0.0109. The summed E-state index contributed by atoms with van der Waals surface area (Å²) < 4.78 is 0. The highest BCUT2D eigenvalue weighted by atomic mass is 16.6. The molecule has 1 aliphatic carbocycles. The van der Waals surface area contributed by atoms with Crippen LogP contribution in [0.25, 0.3) is 0 Å². The molecule has 38 heteroatoms. The fraction of sp³-hybridized carbons (Fsp3) is 0.213. The van der Waals surface area contributed by atoms with Gasteiger partial charge in [-0.25, -0.2) is 4.79 Å². The summed E-state index contributed by atoms with van der Waals surface area (Å²) in [6.45, 7) is 0.789. The standard InChI is InChI=1S/C34H29N3O6.C20H16N4O6.C20H18N4O4.C13H13N3O3.C7H5NO4/c38-29-17-23(21-5-2-1-3-6-21)18-30(39)25(29)14-11-20-9-12-22(13-10-20)32(41)35-27-8-4-7-24-26(27)19-37(34(24)43)28-15-16-31(40)36-33(28)42;25-17-9-8-16(19(27)22-17)23-10-14-13(20(23)28)2-1-3-15(14)21-18(26)11-4-6-12(7-5-11)24(29)30;21-12-6-4-11(5-7-12)18(26)22-15-3-1-2-13-14(15)10-24(20(13)28)16-8-9-17(25)23-19(16)27;14-9-3-1-2-7-8(9)6-16(13(7)19)10-4-5-11(17)15-12(10)18;9-7(10)5-1-3-6(4-2-5)8(11)12/h1-10,12-14,23,28H,11,15-19H2,(H,35,41)(H,36,40,42);1-7,16H,8-10H2,(H,21,26)(H,22,25,27);1-7,16H,8-10,21H2,(H,22,26)(H,23,25,27);1-3,10H,4-6,14H2,(H,15,17,18);1-4H,(H,9,10). The van der Waals surface area contributed by atoms with E-state index in [2.05, 4.69) is 37.2 Å². The third kappa shape index (κ3) is 20.3. The van der Waals surface area contributed by atoms with Crippen LogP contribution >= 0.6 is 0 Å². The van der Waals surface area contributed by atoms with Crippen molar-refractivity contribution in [2.75, 3.05) is 27.4 Å². The van der Waals surface area contributed by atoms with E-state index in [4.69, 9.17) is 16.6 Å². The Kier molecular flexibility index (Phi) is 27.1. The number of carboxylic acid groups (broad SMARTS) is 1. The summed E-state index contributed by atoms with van der Waals surface area (Å²) in [6.07, 6.45) is 4.59. The number of nitrogens with one attached hydrogen (secondary N) is 7. The van der Waals surface area contributed by atoms with Crippen LogP contribution in [0.1, 0.15) is 186 Å². The highest BCUT2D eigenvalue weighted by Gasteiger charge is 2.45. The molecule has 4 unspecified atom stereocenters. The lowest BCUT2D eigenvalue weighted by Gasteiger charge is -2.29. The number of nitrogens with zero attached hydrogens (tertiary/aromatic N) is 6. The number of carbonyl (C=O) groups excluding carboxylic acids is 17. The van der Waals surface area contributed by atoms with Crippen molar-refractivity contribution < 1.29 is 101 Å². The van der Waals surface area contributed by atoms with Crippen molar-refractivity contribution >= 4 is 146 Å². The van der Waals surface area contributed by atoms with Gasteiger partial charge in [0.25, 0.3) is 52.7 Å². The second-order valence-electron chi connectivity index (χ2n) is 31.7. The molecule has 9 aromatic carbocycles. The number of nitro groups is 2. The molecule has 12 N–H and O–H groups in total. The predicted octanol–water partition coefficient (Wildman–Crippen LogP) is 8.10. The number of piperidine rings is 4. The van der Waals surface area contributed by atoms with Gasteiger partial charge in [0.1, 0.15) is 24.2 Å². The van der Waals surface area contributed by atoms with E-state index in [1.165, 1.54) is 56.0 Å². The molecule has 8 aliphatic heterocycles. The van der Waals surface area contributed by atoms with Crippen LogP contribution in [0.2, 0.25) is 0 Å². The molecule has 9 aromatic rings. The van der Waals surface area contributed by atoms with E-state index < -0.39 is 69.5 Å². The van der Waals surface area contributed by atoms with Gasteiger partial charge in [0.15, 0.2) is 11.6 Å². The van der Waals surface area contributed by atoms with Gasteiger partial charge in [-0.15, -0.1) is 0 Å². The first-order valence-electron chi connectivity index (χ1n) is 41.5. The third-order valence-corrected chi connectivity index (χ3v) is 23.4. The molecule has 15 amide bonds. The van der Waals surface area contributed by atoms with Crippen molar-refractivity contribution in [3.63, 3.8) is 0 Å². The van der Waals surface area contributed by atoms with Crippen LogP contribution in [-0.4, -0.2) is 165 Å². The molecule has 0 aromatic heterocycles.